The number of likely N-dealkylation sites (tertiary alicyclic amines) is 1. The average Bonchev–Trinajstić information content (AvgIpc) is 3.20. The Morgan fingerprint density at radius 3 is 3.05 bits per heavy atom. The number of carbonyl (C=O) groups is 1. The quantitative estimate of drug-likeness (QED) is 0.827. The Morgan fingerprint density at radius 2 is 2.30 bits per heavy atom. The zero-order valence-corrected chi connectivity index (χ0v) is 11.5. The molecule has 0 N–H and O–H groups in total. The van der Waals surface area contributed by atoms with Crippen molar-refractivity contribution in [1.82, 2.24) is 9.88 Å². The second kappa shape index (κ2) is 6.22. The van der Waals surface area contributed by atoms with Gasteiger partial charge in [-0.2, -0.15) is 0 Å². The molecule has 2 fully saturated rings. The zero-order chi connectivity index (χ0) is 13.8. The SMILES string of the molecule is O=C(OCc1cccnc1)N1CC[C@H](OCC2CC2)C1. The Hall–Kier alpha value is -1.62. The van der Waals surface area contributed by atoms with E-state index in [1.807, 2.05) is 12.1 Å². The summed E-state index contributed by atoms with van der Waals surface area (Å²) >= 11 is 0. The molecule has 1 aromatic rings. The van der Waals surface area contributed by atoms with E-state index in [4.69, 9.17) is 9.47 Å². The zero-order valence-electron chi connectivity index (χ0n) is 11.5. The highest BCUT2D eigenvalue weighted by molar-refractivity contribution is 5.68. The molecule has 1 atom stereocenters. The van der Waals surface area contributed by atoms with Crippen LogP contribution in [0.4, 0.5) is 4.79 Å². The lowest BCUT2D eigenvalue weighted by atomic mass is 10.3. The molecule has 2 heterocycles. The molecule has 0 unspecified atom stereocenters. The largest absolute Gasteiger partial charge is 0.444 e. The molecule has 3 rings (SSSR count). The van der Waals surface area contributed by atoms with Gasteiger partial charge in [-0.05, 0) is 31.2 Å². The number of ether oxygens (including phenoxy) is 2. The topological polar surface area (TPSA) is 51.7 Å². The van der Waals surface area contributed by atoms with Gasteiger partial charge in [-0.1, -0.05) is 6.07 Å². The molecule has 108 valence electrons. The second-order valence-electron chi connectivity index (χ2n) is 5.55. The van der Waals surface area contributed by atoms with Gasteiger partial charge in [0, 0.05) is 31.1 Å². The molecule has 5 heteroatoms. The fourth-order valence-corrected chi connectivity index (χ4v) is 2.31. The molecule has 0 bridgehead atoms. The third-order valence-corrected chi connectivity index (χ3v) is 3.75. The van der Waals surface area contributed by atoms with E-state index in [-0.39, 0.29) is 18.8 Å². The van der Waals surface area contributed by atoms with E-state index in [9.17, 15) is 4.79 Å². The molecular weight excluding hydrogens is 256 g/mol. The van der Waals surface area contributed by atoms with Crippen LogP contribution in [0.1, 0.15) is 24.8 Å². The van der Waals surface area contributed by atoms with Crippen molar-refractivity contribution >= 4 is 6.09 Å². The van der Waals surface area contributed by atoms with Crippen LogP contribution in [0.2, 0.25) is 0 Å². The van der Waals surface area contributed by atoms with Crippen LogP contribution in [0.25, 0.3) is 0 Å². The minimum Gasteiger partial charge on any atom is -0.444 e. The Balaban J connectivity index is 1.39. The third-order valence-electron chi connectivity index (χ3n) is 3.75. The van der Waals surface area contributed by atoms with E-state index in [1.54, 1.807) is 17.3 Å². The number of rotatable bonds is 5. The summed E-state index contributed by atoms with van der Waals surface area (Å²) in [6, 6.07) is 3.73. The summed E-state index contributed by atoms with van der Waals surface area (Å²) in [4.78, 5) is 17.7. The summed E-state index contributed by atoms with van der Waals surface area (Å²) in [7, 11) is 0. The molecule has 5 nitrogen and oxygen atoms in total. The molecule has 20 heavy (non-hydrogen) atoms. The van der Waals surface area contributed by atoms with Gasteiger partial charge in [0.05, 0.1) is 12.6 Å². The van der Waals surface area contributed by atoms with E-state index in [0.717, 1.165) is 31.1 Å². The van der Waals surface area contributed by atoms with Gasteiger partial charge in [0.2, 0.25) is 0 Å². The lowest BCUT2D eigenvalue weighted by molar-refractivity contribution is 0.0478. The molecule has 0 spiro atoms. The molecule has 0 radical (unpaired) electrons. The summed E-state index contributed by atoms with van der Waals surface area (Å²) in [6.07, 6.45) is 6.84. The van der Waals surface area contributed by atoms with E-state index in [1.165, 1.54) is 12.8 Å². The highest BCUT2D eigenvalue weighted by Crippen LogP contribution is 2.30. The van der Waals surface area contributed by atoms with Crippen molar-refractivity contribution < 1.29 is 14.3 Å². The molecule has 2 aliphatic rings. The van der Waals surface area contributed by atoms with E-state index >= 15 is 0 Å². The predicted molar refractivity (Wildman–Crippen MR) is 73.1 cm³/mol. The highest BCUT2D eigenvalue weighted by atomic mass is 16.6. The summed E-state index contributed by atoms with van der Waals surface area (Å²) < 4.78 is 11.1. The number of hydrogen-bond donors (Lipinski definition) is 0. The maximum atomic E-state index is 11.9. The predicted octanol–water partition coefficient (Wildman–Crippen LogP) is 2.22. The number of hydrogen-bond acceptors (Lipinski definition) is 4. The van der Waals surface area contributed by atoms with Crippen LogP contribution in [0.5, 0.6) is 0 Å². The first kappa shape index (κ1) is 13.4. The van der Waals surface area contributed by atoms with Gasteiger partial charge in [0.25, 0.3) is 0 Å². The van der Waals surface area contributed by atoms with Gasteiger partial charge in [-0.25, -0.2) is 4.79 Å². The van der Waals surface area contributed by atoms with Gasteiger partial charge in [-0.3, -0.25) is 4.98 Å². The lowest BCUT2D eigenvalue weighted by Gasteiger charge is -2.16. The van der Waals surface area contributed by atoms with Crippen molar-refractivity contribution in [3.8, 4) is 0 Å². The van der Waals surface area contributed by atoms with Gasteiger partial charge in [0.1, 0.15) is 6.61 Å². The molecular formula is C15H20N2O3. The Kier molecular flexibility index (Phi) is 4.16. The standard InChI is InChI=1S/C15H20N2O3/c18-15(20-11-13-2-1-6-16-8-13)17-7-5-14(9-17)19-10-12-3-4-12/h1-2,6,8,12,14H,3-5,7,9-11H2/t14-/m0/s1. The average molecular weight is 276 g/mol. The fraction of sp³-hybridized carbons (Fsp3) is 0.600. The van der Waals surface area contributed by atoms with E-state index < -0.39 is 0 Å². The summed E-state index contributed by atoms with van der Waals surface area (Å²) in [6.45, 7) is 2.50. The Labute approximate surface area is 118 Å². The monoisotopic (exact) mass is 276 g/mol. The minimum atomic E-state index is -0.258. The molecule has 1 aliphatic carbocycles. The van der Waals surface area contributed by atoms with Crippen molar-refractivity contribution in [1.29, 1.82) is 0 Å². The normalized spacial score (nSPS) is 22.0. The lowest BCUT2D eigenvalue weighted by Crippen LogP contribution is -2.30. The molecule has 1 aromatic heterocycles. The van der Waals surface area contributed by atoms with Crippen LogP contribution < -0.4 is 0 Å². The fourth-order valence-electron chi connectivity index (χ4n) is 2.31. The first-order valence-electron chi connectivity index (χ1n) is 7.23. The summed E-state index contributed by atoms with van der Waals surface area (Å²) in [5, 5.41) is 0. The van der Waals surface area contributed by atoms with Crippen LogP contribution in [0.3, 0.4) is 0 Å². The summed E-state index contributed by atoms with van der Waals surface area (Å²) in [5.74, 6) is 0.765. The van der Waals surface area contributed by atoms with Crippen molar-refractivity contribution in [2.24, 2.45) is 5.92 Å². The van der Waals surface area contributed by atoms with Crippen LogP contribution >= 0.6 is 0 Å². The Bertz CT molecular complexity index is 448. The van der Waals surface area contributed by atoms with Gasteiger partial charge >= 0.3 is 6.09 Å². The van der Waals surface area contributed by atoms with Crippen LogP contribution in [-0.4, -0.2) is 41.8 Å². The maximum Gasteiger partial charge on any atom is 0.410 e. The molecule has 1 aliphatic heterocycles. The number of amides is 1. The number of pyridine rings is 1. The number of nitrogens with zero attached hydrogens (tertiary/aromatic N) is 2. The molecule has 1 saturated heterocycles. The Morgan fingerprint density at radius 1 is 1.40 bits per heavy atom. The molecule has 1 amide bonds. The number of carbonyl (C=O) groups excluding carboxylic acids is 1. The van der Waals surface area contributed by atoms with Gasteiger partial charge in [0.15, 0.2) is 0 Å². The van der Waals surface area contributed by atoms with E-state index in [0.29, 0.717) is 6.54 Å². The third kappa shape index (κ3) is 3.70. The maximum absolute atomic E-state index is 11.9. The van der Waals surface area contributed by atoms with Gasteiger partial charge < -0.3 is 14.4 Å². The van der Waals surface area contributed by atoms with Crippen LogP contribution in [-0.2, 0) is 16.1 Å². The van der Waals surface area contributed by atoms with Crippen molar-refractivity contribution in [3.63, 3.8) is 0 Å². The second-order valence-corrected chi connectivity index (χ2v) is 5.55. The van der Waals surface area contributed by atoms with Crippen LogP contribution in [0.15, 0.2) is 24.5 Å². The number of aromatic nitrogens is 1. The molecule has 1 saturated carbocycles. The highest BCUT2D eigenvalue weighted by Gasteiger charge is 2.30. The smallest absolute Gasteiger partial charge is 0.410 e. The molecule has 0 aromatic carbocycles. The first-order chi connectivity index (χ1) is 9.81. The van der Waals surface area contributed by atoms with Crippen molar-refractivity contribution in [3.05, 3.63) is 30.1 Å². The van der Waals surface area contributed by atoms with Gasteiger partial charge in [-0.15, -0.1) is 0 Å². The minimum absolute atomic E-state index is 0.182. The first-order valence-corrected chi connectivity index (χ1v) is 7.23. The van der Waals surface area contributed by atoms with Crippen LogP contribution in [0, 0.1) is 5.92 Å². The summed E-state index contributed by atoms with van der Waals surface area (Å²) in [5.41, 5.74) is 0.904. The van der Waals surface area contributed by atoms with E-state index in [2.05, 4.69) is 4.98 Å². The van der Waals surface area contributed by atoms with Crippen molar-refractivity contribution in [2.75, 3.05) is 19.7 Å². The van der Waals surface area contributed by atoms with Crippen molar-refractivity contribution in [2.45, 2.75) is 32.0 Å².